The van der Waals surface area contributed by atoms with E-state index in [1.54, 1.807) is 6.26 Å². The van der Waals surface area contributed by atoms with Gasteiger partial charge in [0.2, 0.25) is 11.8 Å². The van der Waals surface area contributed by atoms with Crippen LogP contribution in [0.5, 0.6) is 5.88 Å². The van der Waals surface area contributed by atoms with Crippen LogP contribution < -0.4 is 15.8 Å². The van der Waals surface area contributed by atoms with Gasteiger partial charge in [0.05, 0.1) is 12.9 Å². The summed E-state index contributed by atoms with van der Waals surface area (Å²) in [6.45, 7) is 3.27. The molecule has 0 aliphatic heterocycles. The van der Waals surface area contributed by atoms with E-state index < -0.39 is 0 Å². The van der Waals surface area contributed by atoms with Crippen LogP contribution in [0.1, 0.15) is 24.5 Å². The molecule has 0 aliphatic rings. The molecule has 1 aromatic carbocycles. The van der Waals surface area contributed by atoms with E-state index in [-0.39, 0.29) is 11.7 Å². The molecule has 0 saturated carbocycles. The van der Waals surface area contributed by atoms with Gasteiger partial charge in [-0.05, 0) is 17.4 Å². The SMILES string of the molecule is CCC(=O)CNCc1ccc(COc2nc(N)nc3nc[nH]c23)cc1.CS. The van der Waals surface area contributed by atoms with Gasteiger partial charge in [0.1, 0.15) is 17.9 Å². The molecule has 0 unspecified atom stereocenters. The number of H-pyrrole nitrogens is 1. The first kappa shape index (κ1) is 20.7. The Morgan fingerprint density at radius 1 is 1.22 bits per heavy atom. The highest BCUT2D eigenvalue weighted by Crippen LogP contribution is 2.20. The van der Waals surface area contributed by atoms with Crippen molar-refractivity contribution in [2.24, 2.45) is 0 Å². The molecule has 0 amide bonds. The number of aromatic nitrogens is 4. The summed E-state index contributed by atoms with van der Waals surface area (Å²) in [5.41, 5.74) is 8.87. The molecule has 0 bridgehead atoms. The number of rotatable bonds is 8. The summed E-state index contributed by atoms with van der Waals surface area (Å²) in [7, 11) is 0. The van der Waals surface area contributed by atoms with Crippen LogP contribution >= 0.6 is 12.6 Å². The Morgan fingerprint density at radius 3 is 2.63 bits per heavy atom. The van der Waals surface area contributed by atoms with E-state index in [1.165, 1.54) is 6.33 Å². The van der Waals surface area contributed by atoms with Crippen molar-refractivity contribution in [2.45, 2.75) is 26.5 Å². The quantitative estimate of drug-likeness (QED) is 0.437. The maximum Gasteiger partial charge on any atom is 0.245 e. The van der Waals surface area contributed by atoms with Crippen molar-refractivity contribution in [1.29, 1.82) is 0 Å². The number of nitrogens with zero attached hydrogens (tertiary/aromatic N) is 3. The fraction of sp³-hybridized carbons (Fsp3) is 0.333. The first-order chi connectivity index (χ1) is 13.2. The number of aromatic amines is 1. The molecule has 27 heavy (non-hydrogen) atoms. The van der Waals surface area contributed by atoms with E-state index in [1.807, 2.05) is 31.2 Å². The molecule has 0 saturated heterocycles. The molecule has 3 rings (SSSR count). The number of benzene rings is 1. The summed E-state index contributed by atoms with van der Waals surface area (Å²) < 4.78 is 5.75. The zero-order valence-corrected chi connectivity index (χ0v) is 16.3. The zero-order valence-electron chi connectivity index (χ0n) is 15.4. The number of nitrogen functional groups attached to an aromatic ring is 1. The Kier molecular flexibility index (Phi) is 8.02. The lowest BCUT2D eigenvalue weighted by molar-refractivity contribution is -0.117. The van der Waals surface area contributed by atoms with Crippen LogP contribution in [0, 0.1) is 0 Å². The van der Waals surface area contributed by atoms with Gasteiger partial charge in [-0.2, -0.15) is 22.6 Å². The van der Waals surface area contributed by atoms with Gasteiger partial charge < -0.3 is 20.8 Å². The van der Waals surface area contributed by atoms with Crippen molar-refractivity contribution in [2.75, 3.05) is 18.5 Å². The molecule has 0 spiro atoms. The predicted molar refractivity (Wildman–Crippen MR) is 109 cm³/mol. The van der Waals surface area contributed by atoms with Crippen LogP contribution in [0.15, 0.2) is 30.6 Å². The van der Waals surface area contributed by atoms with Crippen molar-refractivity contribution < 1.29 is 9.53 Å². The second kappa shape index (κ2) is 10.5. The second-order valence-electron chi connectivity index (χ2n) is 5.59. The second-order valence-corrected chi connectivity index (χ2v) is 5.59. The molecule has 144 valence electrons. The molecule has 2 heterocycles. The Hall–Kier alpha value is -2.65. The minimum Gasteiger partial charge on any atom is -0.471 e. The van der Waals surface area contributed by atoms with Crippen LogP contribution in [0.25, 0.3) is 11.2 Å². The molecule has 8 nitrogen and oxygen atoms in total. The van der Waals surface area contributed by atoms with Crippen LogP contribution in [0.3, 0.4) is 0 Å². The molecular formula is C18H24N6O2S. The first-order valence-electron chi connectivity index (χ1n) is 8.50. The zero-order chi connectivity index (χ0) is 19.6. The molecule has 4 N–H and O–H groups in total. The lowest BCUT2D eigenvalue weighted by atomic mass is 10.1. The largest absolute Gasteiger partial charge is 0.471 e. The molecule has 0 radical (unpaired) electrons. The fourth-order valence-corrected chi connectivity index (χ4v) is 2.30. The van der Waals surface area contributed by atoms with E-state index in [4.69, 9.17) is 10.5 Å². The van der Waals surface area contributed by atoms with Crippen molar-refractivity contribution in [3.63, 3.8) is 0 Å². The van der Waals surface area contributed by atoms with E-state index in [2.05, 4.69) is 37.9 Å². The third-order valence-electron chi connectivity index (χ3n) is 3.71. The lowest BCUT2D eigenvalue weighted by Crippen LogP contribution is -2.21. The maximum atomic E-state index is 11.3. The summed E-state index contributed by atoms with van der Waals surface area (Å²) in [6, 6.07) is 7.96. The highest BCUT2D eigenvalue weighted by atomic mass is 32.1. The number of ether oxygens (including phenoxy) is 1. The van der Waals surface area contributed by atoms with Crippen molar-refractivity contribution in [1.82, 2.24) is 25.3 Å². The first-order valence-corrected chi connectivity index (χ1v) is 9.39. The van der Waals surface area contributed by atoms with Crippen molar-refractivity contribution >= 4 is 35.5 Å². The van der Waals surface area contributed by atoms with Gasteiger partial charge in [-0.15, -0.1) is 0 Å². The predicted octanol–water partition coefficient (Wildman–Crippen LogP) is 2.13. The number of carbonyl (C=O) groups excluding carboxylic acids is 1. The number of hydrogen-bond donors (Lipinski definition) is 4. The van der Waals surface area contributed by atoms with Gasteiger partial charge in [-0.3, -0.25) is 4.79 Å². The molecule has 0 aliphatic carbocycles. The number of anilines is 1. The average molecular weight is 388 g/mol. The standard InChI is InChI=1S/C17H20N6O2.CH4S/c1-2-13(24)8-19-7-11-3-5-12(6-4-11)9-25-16-14-15(21-10-20-14)22-17(18)23-16;1-2/h3-6,10,19H,2,7-9H2,1H3,(H3,18,20,21,22,23);2H,1H3. The highest BCUT2D eigenvalue weighted by Gasteiger charge is 2.09. The number of fused-ring (bicyclic) bond motifs is 1. The molecule has 2 aromatic heterocycles. The van der Waals surface area contributed by atoms with Crippen molar-refractivity contribution in [3.05, 3.63) is 41.7 Å². The Labute approximate surface area is 163 Å². The summed E-state index contributed by atoms with van der Waals surface area (Å²) in [5, 5.41) is 3.13. The molecule has 9 heteroatoms. The van der Waals surface area contributed by atoms with E-state index >= 15 is 0 Å². The number of thiol groups is 1. The summed E-state index contributed by atoms with van der Waals surface area (Å²) in [4.78, 5) is 26.4. The number of hydrogen-bond acceptors (Lipinski definition) is 8. The molecule has 0 fully saturated rings. The topological polar surface area (TPSA) is 119 Å². The Bertz CT molecular complexity index is 866. The number of carbonyl (C=O) groups is 1. The maximum absolute atomic E-state index is 11.3. The number of imidazole rings is 1. The van der Waals surface area contributed by atoms with E-state index in [0.717, 1.165) is 11.1 Å². The van der Waals surface area contributed by atoms with Gasteiger partial charge in [0, 0.05) is 13.0 Å². The van der Waals surface area contributed by atoms with Crippen LogP contribution in [0.4, 0.5) is 5.95 Å². The third kappa shape index (κ3) is 5.93. The van der Waals surface area contributed by atoms with Gasteiger partial charge in [-0.25, -0.2) is 4.98 Å². The van der Waals surface area contributed by atoms with E-state index in [0.29, 0.717) is 43.2 Å². The third-order valence-corrected chi connectivity index (χ3v) is 3.71. The normalized spacial score (nSPS) is 10.3. The van der Waals surface area contributed by atoms with Gasteiger partial charge in [0.25, 0.3) is 0 Å². The highest BCUT2D eigenvalue weighted by molar-refractivity contribution is 7.79. The molecular weight excluding hydrogens is 364 g/mol. The summed E-state index contributed by atoms with van der Waals surface area (Å²) >= 11 is 3.53. The van der Waals surface area contributed by atoms with Gasteiger partial charge >= 0.3 is 0 Å². The van der Waals surface area contributed by atoms with Crippen LogP contribution in [0.2, 0.25) is 0 Å². The van der Waals surface area contributed by atoms with Gasteiger partial charge in [0.15, 0.2) is 5.65 Å². The number of nitrogens with two attached hydrogens (primary N) is 1. The minimum atomic E-state index is 0.123. The number of Topliss-reactive ketones (excluding diaryl/α,β-unsaturated/α-hetero) is 1. The Morgan fingerprint density at radius 2 is 1.93 bits per heavy atom. The molecule has 0 atom stereocenters. The van der Waals surface area contributed by atoms with Crippen LogP contribution in [-0.4, -0.2) is 38.5 Å². The average Bonchev–Trinajstić information content (AvgIpc) is 3.17. The smallest absolute Gasteiger partial charge is 0.245 e. The van der Waals surface area contributed by atoms with E-state index in [9.17, 15) is 4.79 Å². The fourth-order valence-electron chi connectivity index (χ4n) is 2.30. The number of ketones is 1. The monoisotopic (exact) mass is 388 g/mol. The summed E-state index contributed by atoms with van der Waals surface area (Å²) in [6.07, 6.45) is 3.77. The summed E-state index contributed by atoms with van der Waals surface area (Å²) in [5.74, 6) is 0.709. The number of nitrogens with one attached hydrogen (secondary N) is 2. The van der Waals surface area contributed by atoms with Crippen LogP contribution in [-0.2, 0) is 17.9 Å². The lowest BCUT2D eigenvalue weighted by Gasteiger charge is -2.08. The minimum absolute atomic E-state index is 0.123. The van der Waals surface area contributed by atoms with Crippen molar-refractivity contribution in [3.8, 4) is 5.88 Å². The Balaban J connectivity index is 0.00000126. The van der Waals surface area contributed by atoms with Gasteiger partial charge in [-0.1, -0.05) is 31.2 Å². The molecule has 3 aromatic rings.